The molecule has 0 aliphatic rings. The highest BCUT2D eigenvalue weighted by Gasteiger charge is 2.05. The Balaban J connectivity index is 1.98. The summed E-state index contributed by atoms with van der Waals surface area (Å²) in [5, 5.41) is 0. The SMILES string of the molecule is CCCOc1ccccc1OCc1ccc(CN)s1. The van der Waals surface area contributed by atoms with Crippen LogP contribution in [0, 0.1) is 0 Å². The van der Waals surface area contributed by atoms with Crippen molar-refractivity contribution in [2.75, 3.05) is 6.61 Å². The Morgan fingerprint density at radius 3 is 2.32 bits per heavy atom. The van der Waals surface area contributed by atoms with E-state index in [-0.39, 0.29) is 0 Å². The topological polar surface area (TPSA) is 44.5 Å². The molecular weight excluding hydrogens is 258 g/mol. The number of rotatable bonds is 7. The van der Waals surface area contributed by atoms with Crippen molar-refractivity contribution in [2.24, 2.45) is 5.73 Å². The van der Waals surface area contributed by atoms with E-state index in [4.69, 9.17) is 15.2 Å². The van der Waals surface area contributed by atoms with Gasteiger partial charge in [0.1, 0.15) is 6.61 Å². The molecule has 3 nitrogen and oxygen atoms in total. The van der Waals surface area contributed by atoms with Crippen LogP contribution in [0.15, 0.2) is 36.4 Å². The molecule has 0 bridgehead atoms. The Morgan fingerprint density at radius 1 is 1.00 bits per heavy atom. The number of nitrogens with two attached hydrogens (primary N) is 1. The van der Waals surface area contributed by atoms with Gasteiger partial charge in [-0.15, -0.1) is 11.3 Å². The van der Waals surface area contributed by atoms with Crippen molar-refractivity contribution >= 4 is 11.3 Å². The molecule has 4 heteroatoms. The fourth-order valence-corrected chi connectivity index (χ4v) is 2.47. The lowest BCUT2D eigenvalue weighted by molar-refractivity contribution is 0.263. The van der Waals surface area contributed by atoms with Crippen LogP contribution in [0.1, 0.15) is 23.1 Å². The summed E-state index contributed by atoms with van der Waals surface area (Å²) in [4.78, 5) is 2.35. The molecule has 0 fully saturated rings. The summed E-state index contributed by atoms with van der Waals surface area (Å²) in [5.41, 5.74) is 5.60. The summed E-state index contributed by atoms with van der Waals surface area (Å²) in [5.74, 6) is 1.60. The molecular formula is C15H19NO2S. The van der Waals surface area contributed by atoms with Gasteiger partial charge in [0.25, 0.3) is 0 Å². The van der Waals surface area contributed by atoms with Crippen LogP contribution in [0.25, 0.3) is 0 Å². The Labute approximate surface area is 118 Å². The van der Waals surface area contributed by atoms with Gasteiger partial charge in [0.05, 0.1) is 6.61 Å². The molecule has 19 heavy (non-hydrogen) atoms. The summed E-state index contributed by atoms with van der Waals surface area (Å²) >= 11 is 1.69. The molecule has 2 N–H and O–H groups in total. The van der Waals surface area contributed by atoms with E-state index in [1.807, 2.05) is 30.3 Å². The average Bonchev–Trinajstić information content (AvgIpc) is 2.91. The van der Waals surface area contributed by atoms with E-state index < -0.39 is 0 Å². The maximum absolute atomic E-state index is 5.82. The van der Waals surface area contributed by atoms with Crippen molar-refractivity contribution in [3.63, 3.8) is 0 Å². The first-order valence-corrected chi connectivity index (χ1v) is 7.27. The third-order valence-corrected chi connectivity index (χ3v) is 3.68. The lowest BCUT2D eigenvalue weighted by atomic mass is 10.3. The third-order valence-electron chi connectivity index (χ3n) is 2.60. The van der Waals surface area contributed by atoms with Gasteiger partial charge in [0.2, 0.25) is 0 Å². The molecule has 1 aromatic heterocycles. The number of para-hydroxylation sites is 2. The first-order chi connectivity index (χ1) is 9.33. The van der Waals surface area contributed by atoms with E-state index in [0.717, 1.165) is 17.9 Å². The predicted molar refractivity (Wildman–Crippen MR) is 78.8 cm³/mol. The quantitative estimate of drug-likeness (QED) is 0.841. The van der Waals surface area contributed by atoms with Crippen LogP contribution < -0.4 is 15.2 Å². The van der Waals surface area contributed by atoms with Gasteiger partial charge >= 0.3 is 0 Å². The highest BCUT2D eigenvalue weighted by molar-refractivity contribution is 7.11. The third kappa shape index (κ3) is 3.98. The first-order valence-electron chi connectivity index (χ1n) is 6.45. The minimum absolute atomic E-state index is 0.553. The number of benzene rings is 1. The van der Waals surface area contributed by atoms with Gasteiger partial charge < -0.3 is 15.2 Å². The molecule has 0 atom stereocenters. The smallest absolute Gasteiger partial charge is 0.161 e. The van der Waals surface area contributed by atoms with Crippen molar-refractivity contribution in [2.45, 2.75) is 26.5 Å². The van der Waals surface area contributed by atoms with Crippen LogP contribution in [-0.4, -0.2) is 6.61 Å². The summed E-state index contributed by atoms with van der Waals surface area (Å²) in [6, 6.07) is 11.9. The highest BCUT2D eigenvalue weighted by atomic mass is 32.1. The van der Waals surface area contributed by atoms with Gasteiger partial charge in [-0.3, -0.25) is 0 Å². The van der Waals surface area contributed by atoms with Gasteiger partial charge in [0.15, 0.2) is 11.5 Å². The van der Waals surface area contributed by atoms with Crippen LogP contribution in [0.3, 0.4) is 0 Å². The van der Waals surface area contributed by atoms with Crippen molar-refractivity contribution in [3.05, 3.63) is 46.2 Å². The predicted octanol–water partition coefficient (Wildman–Crippen LogP) is 3.57. The average molecular weight is 277 g/mol. The van der Waals surface area contributed by atoms with Crippen LogP contribution in [0.4, 0.5) is 0 Å². The number of ether oxygens (including phenoxy) is 2. The molecule has 0 saturated heterocycles. The van der Waals surface area contributed by atoms with Crippen molar-refractivity contribution in [1.82, 2.24) is 0 Å². The van der Waals surface area contributed by atoms with Crippen molar-refractivity contribution < 1.29 is 9.47 Å². The van der Waals surface area contributed by atoms with Crippen LogP contribution >= 0.6 is 11.3 Å². The van der Waals surface area contributed by atoms with Gasteiger partial charge in [-0.25, -0.2) is 0 Å². The largest absolute Gasteiger partial charge is 0.490 e. The Bertz CT molecular complexity index is 510. The number of thiophene rings is 1. The molecule has 1 aromatic carbocycles. The van der Waals surface area contributed by atoms with Crippen LogP contribution in [0.2, 0.25) is 0 Å². The Morgan fingerprint density at radius 2 is 1.68 bits per heavy atom. The van der Waals surface area contributed by atoms with E-state index in [9.17, 15) is 0 Å². The zero-order valence-corrected chi connectivity index (χ0v) is 11.9. The molecule has 0 spiro atoms. The van der Waals surface area contributed by atoms with Gasteiger partial charge in [0, 0.05) is 16.3 Å². The molecule has 0 saturated carbocycles. The highest BCUT2D eigenvalue weighted by Crippen LogP contribution is 2.28. The lowest BCUT2D eigenvalue weighted by Gasteiger charge is -2.11. The maximum Gasteiger partial charge on any atom is 0.161 e. The second-order valence-electron chi connectivity index (χ2n) is 4.16. The fraction of sp³-hybridized carbons (Fsp3) is 0.333. The summed E-state index contributed by atoms with van der Waals surface area (Å²) in [7, 11) is 0. The Kier molecular flexibility index (Phi) is 5.24. The van der Waals surface area contributed by atoms with Crippen LogP contribution in [0.5, 0.6) is 11.5 Å². The zero-order valence-electron chi connectivity index (χ0n) is 11.1. The minimum Gasteiger partial charge on any atom is -0.490 e. The summed E-state index contributed by atoms with van der Waals surface area (Å²) in [6.07, 6.45) is 0.985. The van der Waals surface area contributed by atoms with Crippen LogP contribution in [-0.2, 0) is 13.2 Å². The first kappa shape index (κ1) is 13.9. The molecule has 0 aliphatic heterocycles. The van der Waals surface area contributed by atoms with E-state index in [1.54, 1.807) is 11.3 Å². The maximum atomic E-state index is 5.82. The standard InChI is InChI=1S/C15H19NO2S/c1-2-9-17-14-5-3-4-6-15(14)18-11-13-8-7-12(10-16)19-13/h3-8H,2,9-11,16H2,1H3. The summed E-state index contributed by atoms with van der Waals surface area (Å²) in [6.45, 7) is 3.93. The van der Waals surface area contributed by atoms with E-state index in [0.29, 0.717) is 19.8 Å². The molecule has 0 radical (unpaired) electrons. The Hall–Kier alpha value is -1.52. The minimum atomic E-state index is 0.553. The molecule has 1 heterocycles. The summed E-state index contributed by atoms with van der Waals surface area (Å²) < 4.78 is 11.5. The second kappa shape index (κ2) is 7.16. The lowest BCUT2D eigenvalue weighted by Crippen LogP contribution is -1.99. The van der Waals surface area contributed by atoms with Crippen molar-refractivity contribution in [3.8, 4) is 11.5 Å². The molecule has 0 aliphatic carbocycles. The molecule has 102 valence electrons. The van der Waals surface area contributed by atoms with Gasteiger partial charge in [-0.1, -0.05) is 19.1 Å². The molecule has 0 amide bonds. The molecule has 2 rings (SSSR count). The molecule has 2 aromatic rings. The van der Waals surface area contributed by atoms with Gasteiger partial charge in [-0.05, 0) is 30.7 Å². The molecule has 0 unspecified atom stereocenters. The number of hydrogen-bond donors (Lipinski definition) is 1. The zero-order chi connectivity index (χ0) is 13.5. The van der Waals surface area contributed by atoms with Crippen molar-refractivity contribution in [1.29, 1.82) is 0 Å². The second-order valence-corrected chi connectivity index (χ2v) is 5.41. The normalized spacial score (nSPS) is 10.4. The van der Waals surface area contributed by atoms with E-state index >= 15 is 0 Å². The van der Waals surface area contributed by atoms with E-state index in [1.165, 1.54) is 9.75 Å². The fourth-order valence-electron chi connectivity index (χ4n) is 1.66. The number of hydrogen-bond acceptors (Lipinski definition) is 4. The monoisotopic (exact) mass is 277 g/mol. The van der Waals surface area contributed by atoms with E-state index in [2.05, 4.69) is 13.0 Å². The van der Waals surface area contributed by atoms with Gasteiger partial charge in [-0.2, -0.15) is 0 Å².